The Hall–Kier alpha value is -1.09. The average molecular weight is 459 g/mol. The van der Waals surface area contributed by atoms with Crippen LogP contribution in [0.1, 0.15) is 30.0 Å². The molecule has 2 atom stereocenters. The van der Waals surface area contributed by atoms with Crippen LogP contribution in [-0.4, -0.2) is 24.0 Å². The van der Waals surface area contributed by atoms with Crippen LogP contribution in [0.15, 0.2) is 10.4 Å². The molecule has 10 heteroatoms. The number of aromatic nitrogens is 1. The Morgan fingerprint density at radius 2 is 2.26 bits per heavy atom. The minimum atomic E-state index is -4.42. The highest BCUT2D eigenvalue weighted by Gasteiger charge is 2.33. The minimum absolute atomic E-state index is 0. The zero-order valence-corrected chi connectivity index (χ0v) is 15.5. The molecule has 0 aromatic carbocycles. The molecule has 0 aliphatic heterocycles. The highest BCUT2D eigenvalue weighted by atomic mass is 127. The minimum Gasteiger partial charge on any atom is -0.352 e. The number of halogens is 4. The average Bonchev–Trinajstić information content (AvgIpc) is 3.11. The predicted octanol–water partition coefficient (Wildman–Crippen LogP) is 3.14. The van der Waals surface area contributed by atoms with E-state index in [9.17, 15) is 13.2 Å². The van der Waals surface area contributed by atoms with Crippen molar-refractivity contribution in [2.45, 2.75) is 38.0 Å². The molecular formula is C13H17F3IN5S. The van der Waals surface area contributed by atoms with Gasteiger partial charge >= 0.3 is 6.18 Å². The molecule has 1 aliphatic carbocycles. The first kappa shape index (κ1) is 20.0. The molecule has 2 unspecified atom stereocenters. The second kappa shape index (κ2) is 8.68. The van der Waals surface area contributed by atoms with Crippen LogP contribution in [0.4, 0.5) is 13.2 Å². The van der Waals surface area contributed by atoms with Gasteiger partial charge in [-0.1, -0.05) is 0 Å². The van der Waals surface area contributed by atoms with Gasteiger partial charge in [-0.15, -0.1) is 35.3 Å². The van der Waals surface area contributed by atoms with Crippen molar-refractivity contribution < 1.29 is 13.2 Å². The normalized spacial score (nSPS) is 21.4. The molecule has 0 bridgehead atoms. The van der Waals surface area contributed by atoms with E-state index in [2.05, 4.69) is 26.7 Å². The topological polar surface area (TPSA) is 73.1 Å². The van der Waals surface area contributed by atoms with Gasteiger partial charge in [-0.05, 0) is 19.3 Å². The summed E-state index contributed by atoms with van der Waals surface area (Å²) in [6.07, 6.45) is -1.70. The van der Waals surface area contributed by atoms with Crippen molar-refractivity contribution in [3.05, 3.63) is 16.1 Å². The molecule has 1 heterocycles. The van der Waals surface area contributed by atoms with Gasteiger partial charge in [0.25, 0.3) is 0 Å². The molecule has 0 spiro atoms. The number of alkyl halides is 3. The first-order valence-corrected chi connectivity index (χ1v) is 7.70. The van der Waals surface area contributed by atoms with E-state index in [1.165, 1.54) is 0 Å². The number of aliphatic imine (C=N–C) groups is 1. The van der Waals surface area contributed by atoms with Crippen molar-refractivity contribution >= 4 is 41.3 Å². The van der Waals surface area contributed by atoms with Crippen molar-refractivity contribution in [1.29, 1.82) is 5.26 Å². The van der Waals surface area contributed by atoms with Gasteiger partial charge in [0.05, 0.1) is 18.5 Å². The summed E-state index contributed by atoms with van der Waals surface area (Å²) in [6, 6.07) is 2.28. The lowest BCUT2D eigenvalue weighted by molar-refractivity contribution is -0.140. The summed E-state index contributed by atoms with van der Waals surface area (Å²) in [4.78, 5) is 7.58. The van der Waals surface area contributed by atoms with Crippen molar-refractivity contribution in [1.82, 2.24) is 15.6 Å². The Labute approximate surface area is 153 Å². The SMILES string of the molecule is CN=C(NCc1nc(C(F)(F)F)cs1)NC1CCCC1C#N.I. The molecule has 2 N–H and O–H groups in total. The molecule has 1 aliphatic rings. The van der Waals surface area contributed by atoms with Crippen LogP contribution in [-0.2, 0) is 12.7 Å². The van der Waals surface area contributed by atoms with E-state index in [4.69, 9.17) is 5.26 Å². The Bertz CT molecular complexity index is 581. The number of guanidine groups is 1. The molecule has 1 aromatic rings. The summed E-state index contributed by atoms with van der Waals surface area (Å²) in [5.74, 6) is 0.408. The highest BCUT2D eigenvalue weighted by Crippen LogP contribution is 2.30. The van der Waals surface area contributed by atoms with Gasteiger partial charge in [0.2, 0.25) is 0 Å². The number of rotatable bonds is 3. The number of thiazole rings is 1. The summed E-state index contributed by atoms with van der Waals surface area (Å²) in [6.45, 7) is 0.157. The van der Waals surface area contributed by atoms with Crippen molar-refractivity contribution in [3.63, 3.8) is 0 Å². The summed E-state index contributed by atoms with van der Waals surface area (Å²) < 4.78 is 37.4. The molecule has 0 saturated heterocycles. The van der Waals surface area contributed by atoms with Crippen LogP contribution >= 0.6 is 35.3 Å². The standard InChI is InChI=1S/C13H16F3N5S.HI/c1-18-12(20-9-4-2-3-8(9)5-17)19-6-11-21-10(7-22-11)13(14,15)16;/h7-9H,2-4,6H2,1H3,(H2,18,19,20);1H. The van der Waals surface area contributed by atoms with Crippen LogP contribution in [0.5, 0.6) is 0 Å². The molecule has 1 aromatic heterocycles. The maximum Gasteiger partial charge on any atom is 0.434 e. The number of hydrogen-bond acceptors (Lipinski definition) is 4. The van der Waals surface area contributed by atoms with Crippen molar-refractivity contribution in [2.75, 3.05) is 7.05 Å². The fraction of sp³-hybridized carbons (Fsp3) is 0.615. The molecule has 1 fully saturated rings. The quantitative estimate of drug-likeness (QED) is 0.414. The summed E-state index contributed by atoms with van der Waals surface area (Å²) in [5.41, 5.74) is -0.877. The zero-order valence-electron chi connectivity index (χ0n) is 12.4. The van der Waals surface area contributed by atoms with E-state index in [-0.39, 0.29) is 42.5 Å². The maximum absolute atomic E-state index is 12.5. The lowest BCUT2D eigenvalue weighted by Crippen LogP contribution is -2.44. The number of nitrogens with one attached hydrogen (secondary N) is 2. The van der Waals surface area contributed by atoms with Gasteiger partial charge in [-0.3, -0.25) is 4.99 Å². The van der Waals surface area contributed by atoms with E-state index in [0.717, 1.165) is 36.0 Å². The van der Waals surface area contributed by atoms with E-state index in [1.807, 2.05) is 0 Å². The second-order valence-corrected chi connectivity index (χ2v) is 5.91. The Balaban J connectivity index is 0.00000264. The Morgan fingerprint density at radius 1 is 1.52 bits per heavy atom. The van der Waals surface area contributed by atoms with Gasteiger partial charge < -0.3 is 10.6 Å². The van der Waals surface area contributed by atoms with Crippen LogP contribution in [0.3, 0.4) is 0 Å². The molecular weight excluding hydrogens is 442 g/mol. The zero-order chi connectivity index (χ0) is 16.2. The van der Waals surface area contributed by atoms with E-state index in [1.54, 1.807) is 7.05 Å². The van der Waals surface area contributed by atoms with E-state index < -0.39 is 11.9 Å². The van der Waals surface area contributed by atoms with E-state index in [0.29, 0.717) is 11.0 Å². The molecule has 128 valence electrons. The molecule has 2 rings (SSSR count). The maximum atomic E-state index is 12.5. The van der Waals surface area contributed by atoms with E-state index >= 15 is 0 Å². The highest BCUT2D eigenvalue weighted by molar-refractivity contribution is 14.0. The lowest BCUT2D eigenvalue weighted by atomic mass is 10.1. The Morgan fingerprint density at radius 3 is 2.83 bits per heavy atom. The van der Waals surface area contributed by atoms with Crippen molar-refractivity contribution in [2.24, 2.45) is 10.9 Å². The summed E-state index contributed by atoms with van der Waals surface area (Å²) >= 11 is 0.948. The first-order valence-electron chi connectivity index (χ1n) is 6.82. The second-order valence-electron chi connectivity index (χ2n) is 4.97. The number of nitriles is 1. The molecule has 5 nitrogen and oxygen atoms in total. The van der Waals surface area contributed by atoms with Crippen LogP contribution in [0.25, 0.3) is 0 Å². The fourth-order valence-electron chi connectivity index (χ4n) is 2.34. The largest absolute Gasteiger partial charge is 0.434 e. The third-order valence-corrected chi connectivity index (χ3v) is 4.33. The molecule has 0 radical (unpaired) electrons. The molecule has 0 amide bonds. The third kappa shape index (κ3) is 5.49. The number of hydrogen-bond donors (Lipinski definition) is 2. The lowest BCUT2D eigenvalue weighted by Gasteiger charge is -2.18. The van der Waals surface area contributed by atoms with Crippen molar-refractivity contribution in [3.8, 4) is 6.07 Å². The van der Waals surface area contributed by atoms with Crippen LogP contribution in [0.2, 0.25) is 0 Å². The predicted molar refractivity (Wildman–Crippen MR) is 92.6 cm³/mol. The van der Waals surface area contributed by atoms with Gasteiger partial charge in [-0.25, -0.2) is 4.98 Å². The first-order chi connectivity index (χ1) is 10.4. The Kier molecular flexibility index (Phi) is 7.53. The van der Waals surface area contributed by atoms with Gasteiger partial charge in [0.15, 0.2) is 11.7 Å². The van der Waals surface area contributed by atoms with Gasteiger partial charge in [0, 0.05) is 18.5 Å². The van der Waals surface area contributed by atoms with Gasteiger partial charge in [-0.2, -0.15) is 18.4 Å². The molecule has 1 saturated carbocycles. The smallest absolute Gasteiger partial charge is 0.352 e. The summed E-state index contributed by atoms with van der Waals surface area (Å²) in [7, 11) is 1.58. The number of nitrogens with zero attached hydrogens (tertiary/aromatic N) is 3. The fourth-order valence-corrected chi connectivity index (χ4v) is 3.08. The molecule has 23 heavy (non-hydrogen) atoms. The third-order valence-electron chi connectivity index (χ3n) is 3.48. The summed E-state index contributed by atoms with van der Waals surface area (Å²) in [5, 5.41) is 16.4. The van der Waals surface area contributed by atoms with Crippen LogP contribution in [0, 0.1) is 17.2 Å². The van der Waals surface area contributed by atoms with Gasteiger partial charge in [0.1, 0.15) is 5.01 Å². The monoisotopic (exact) mass is 459 g/mol. The van der Waals surface area contributed by atoms with Crippen LogP contribution < -0.4 is 10.6 Å².